The average molecular weight is 655 g/mol. The second-order valence-corrected chi connectivity index (χ2v) is 12.0. The molecule has 0 radical (unpaired) electrons. The fourth-order valence-corrected chi connectivity index (χ4v) is 7.05. The molecule has 7 rings (SSSR count). The molecular formula is C38H40F2N4S2. The van der Waals surface area contributed by atoms with E-state index >= 15 is 0 Å². The smallest absolute Gasteiger partial charge is 0.177 e. The van der Waals surface area contributed by atoms with Crippen LogP contribution in [0.2, 0.25) is 0 Å². The second kappa shape index (κ2) is 16.6. The van der Waals surface area contributed by atoms with E-state index in [2.05, 4.69) is 0 Å². The summed E-state index contributed by atoms with van der Waals surface area (Å²) in [6, 6.07) is 21.8. The van der Waals surface area contributed by atoms with Gasteiger partial charge in [0, 0.05) is 53.1 Å². The molecule has 0 bridgehead atoms. The first-order valence-corrected chi connectivity index (χ1v) is 16.5. The van der Waals surface area contributed by atoms with E-state index in [0.717, 1.165) is 76.1 Å². The highest BCUT2D eigenvalue weighted by molar-refractivity contribution is 7.19. The van der Waals surface area contributed by atoms with Gasteiger partial charge in [-0.25, -0.2) is 0 Å². The Morgan fingerprint density at radius 2 is 0.913 bits per heavy atom. The molecule has 4 nitrogen and oxygen atoms in total. The van der Waals surface area contributed by atoms with Crippen LogP contribution in [0.5, 0.6) is 0 Å². The lowest BCUT2D eigenvalue weighted by Crippen LogP contribution is -2.00. The van der Waals surface area contributed by atoms with Crippen LogP contribution >= 0.6 is 22.7 Å². The van der Waals surface area contributed by atoms with E-state index in [1.807, 2.05) is 127 Å². The zero-order valence-electron chi connectivity index (χ0n) is 27.0. The number of benzene rings is 3. The van der Waals surface area contributed by atoms with Crippen LogP contribution in [0.25, 0.3) is 41.7 Å². The lowest BCUT2D eigenvalue weighted by Gasteiger charge is -2.06. The van der Waals surface area contributed by atoms with Crippen LogP contribution in [0.3, 0.4) is 0 Å². The minimum absolute atomic E-state index is 0.302. The van der Waals surface area contributed by atoms with Crippen molar-refractivity contribution in [3.05, 3.63) is 129 Å². The molecule has 0 saturated carbocycles. The van der Waals surface area contributed by atoms with Gasteiger partial charge in [-0.1, -0.05) is 74.5 Å². The first kappa shape index (κ1) is 35.8. The molecule has 238 valence electrons. The van der Waals surface area contributed by atoms with E-state index in [1.54, 1.807) is 0 Å². The highest BCUT2D eigenvalue weighted by atomic mass is 32.1. The predicted octanol–water partition coefficient (Wildman–Crippen LogP) is 10.9. The molecule has 46 heavy (non-hydrogen) atoms. The van der Waals surface area contributed by atoms with Gasteiger partial charge in [-0.3, -0.25) is 10.8 Å². The van der Waals surface area contributed by atoms with Gasteiger partial charge in [-0.15, -0.1) is 22.7 Å². The molecule has 5 aromatic carbocycles. The van der Waals surface area contributed by atoms with Gasteiger partial charge in [-0.2, -0.15) is 8.78 Å². The standard InChI is InChI=1S/C18H10F2N2S2.2C6H7N.C6H10.C2H6/c1-5-11-14(18-7(15(11)21)3-10(20)24-18)6(2)12-13(5)17-8(16(12)22)4-9(19)23-17;2*7-6-4-2-1-3-5-6;1-3-5-6-4-2;1-2/h3-4,21-22H,1-2H3;2*1-5H,7H2;3-6H,1-2H3;1-2H3/b;;;5-3-,6-4-;. The highest BCUT2D eigenvalue weighted by Gasteiger charge is 2.23. The Morgan fingerprint density at radius 1 is 0.587 bits per heavy atom. The van der Waals surface area contributed by atoms with E-state index < -0.39 is 0 Å². The summed E-state index contributed by atoms with van der Waals surface area (Å²) in [6.45, 7) is 11.8. The maximum absolute atomic E-state index is 13.7. The van der Waals surface area contributed by atoms with Gasteiger partial charge in [0.05, 0.1) is 10.7 Å². The largest absolute Gasteiger partial charge is 0.399 e. The zero-order chi connectivity index (χ0) is 34.0. The van der Waals surface area contributed by atoms with Crippen molar-refractivity contribution in [1.29, 1.82) is 10.8 Å². The number of rotatable bonds is 1. The third kappa shape index (κ3) is 7.76. The van der Waals surface area contributed by atoms with Gasteiger partial charge in [0.25, 0.3) is 0 Å². The summed E-state index contributed by atoms with van der Waals surface area (Å²) in [4.78, 5) is 0. The van der Waals surface area contributed by atoms with Crippen LogP contribution in [0.15, 0.2) is 97.1 Å². The molecule has 7 aromatic rings. The Morgan fingerprint density at radius 3 is 1.17 bits per heavy atom. The fraction of sp³-hybridized carbons (Fsp3) is 0.158. The molecule has 0 spiro atoms. The number of halogens is 2. The number of thiophene rings is 2. The summed E-state index contributed by atoms with van der Waals surface area (Å²) in [5, 5.41) is 21.5. The van der Waals surface area contributed by atoms with Gasteiger partial charge in [0.1, 0.15) is 0 Å². The number of allylic oxidation sites excluding steroid dienone is 4. The molecule has 2 aromatic heterocycles. The topological polar surface area (TPSA) is 99.7 Å². The number of hydrogen-bond acceptors (Lipinski definition) is 6. The van der Waals surface area contributed by atoms with Gasteiger partial charge < -0.3 is 11.5 Å². The molecule has 0 atom stereocenters. The van der Waals surface area contributed by atoms with Crippen molar-refractivity contribution >= 4 is 75.8 Å². The molecular weight excluding hydrogens is 615 g/mol. The van der Waals surface area contributed by atoms with E-state index in [1.165, 1.54) is 12.1 Å². The summed E-state index contributed by atoms with van der Waals surface area (Å²) in [5.41, 5.74) is 14.1. The molecule has 0 aliphatic heterocycles. The Bertz CT molecular complexity index is 2030. The third-order valence-corrected chi connectivity index (χ3v) is 8.87. The number of nitrogens with one attached hydrogen (secondary N) is 2. The summed E-state index contributed by atoms with van der Waals surface area (Å²) in [7, 11) is 0. The molecule has 0 aliphatic rings. The molecule has 0 unspecified atom stereocenters. The van der Waals surface area contributed by atoms with E-state index in [0.29, 0.717) is 21.5 Å². The van der Waals surface area contributed by atoms with Gasteiger partial charge in [0.15, 0.2) is 10.3 Å². The molecule has 6 N–H and O–H groups in total. The quantitative estimate of drug-likeness (QED) is 0.105. The summed E-state index contributed by atoms with van der Waals surface area (Å²) in [6.07, 6.45) is 8.00. The number of nitrogen functional groups attached to an aromatic ring is 2. The second-order valence-electron chi connectivity index (χ2n) is 9.96. The number of aryl methyl sites for hydroxylation is 2. The number of nitrogens with two attached hydrogens (primary N) is 2. The van der Waals surface area contributed by atoms with Crippen LogP contribution in [-0.4, -0.2) is 0 Å². The van der Waals surface area contributed by atoms with Crippen LogP contribution in [0, 0.1) is 34.9 Å². The van der Waals surface area contributed by atoms with Crippen LogP contribution in [-0.2, 0) is 0 Å². The zero-order valence-corrected chi connectivity index (χ0v) is 28.6. The summed E-state index contributed by atoms with van der Waals surface area (Å²) >= 11 is 2.09. The van der Waals surface area contributed by atoms with Crippen molar-refractivity contribution in [2.45, 2.75) is 41.5 Å². The molecule has 0 amide bonds. The molecule has 0 saturated heterocycles. The molecule has 0 aliphatic carbocycles. The van der Waals surface area contributed by atoms with Crippen LogP contribution in [0.1, 0.15) is 38.8 Å². The van der Waals surface area contributed by atoms with Crippen molar-refractivity contribution in [3.63, 3.8) is 0 Å². The monoisotopic (exact) mass is 654 g/mol. The first-order valence-electron chi connectivity index (χ1n) is 14.9. The average Bonchev–Trinajstić information content (AvgIpc) is 3.77. The third-order valence-electron chi connectivity index (χ3n) is 6.99. The Kier molecular flexibility index (Phi) is 12.9. The maximum Gasteiger partial charge on any atom is 0.177 e. The van der Waals surface area contributed by atoms with Crippen molar-refractivity contribution < 1.29 is 8.78 Å². The van der Waals surface area contributed by atoms with Gasteiger partial charge >= 0.3 is 0 Å². The Balaban J connectivity index is 0.000000214. The maximum atomic E-state index is 13.7. The minimum Gasteiger partial charge on any atom is -0.399 e. The Hall–Kier alpha value is -4.66. The van der Waals surface area contributed by atoms with Crippen molar-refractivity contribution in [2.24, 2.45) is 0 Å². The van der Waals surface area contributed by atoms with Gasteiger partial charge in [0.2, 0.25) is 0 Å². The van der Waals surface area contributed by atoms with Crippen LogP contribution in [0.4, 0.5) is 20.2 Å². The summed E-state index contributed by atoms with van der Waals surface area (Å²) < 4.78 is 29.0. The molecule has 2 heterocycles. The highest BCUT2D eigenvalue weighted by Crippen LogP contribution is 2.42. The van der Waals surface area contributed by atoms with Crippen molar-refractivity contribution in [1.82, 2.24) is 0 Å². The number of fused-ring (bicyclic) bond motifs is 6. The van der Waals surface area contributed by atoms with Crippen molar-refractivity contribution in [3.8, 4) is 0 Å². The van der Waals surface area contributed by atoms with E-state index in [-0.39, 0.29) is 10.3 Å². The molecule has 0 fully saturated rings. The van der Waals surface area contributed by atoms with Crippen molar-refractivity contribution in [2.75, 3.05) is 11.5 Å². The number of anilines is 2. The minimum atomic E-state index is -0.302. The SMILES string of the molecule is C/C=C\C=C/C.CC.Cc1c2c(=N)c3cc(F)sc3c2c(C)c2c(=N)c3cc(F)sc3c12.Nc1ccccc1.Nc1ccccc1. The summed E-state index contributed by atoms with van der Waals surface area (Å²) in [5.74, 6) is 0. The first-order chi connectivity index (χ1) is 22.1. The predicted molar refractivity (Wildman–Crippen MR) is 198 cm³/mol. The molecule has 8 heteroatoms. The van der Waals surface area contributed by atoms with Crippen LogP contribution < -0.4 is 22.2 Å². The van der Waals surface area contributed by atoms with E-state index in [9.17, 15) is 8.78 Å². The van der Waals surface area contributed by atoms with Gasteiger partial charge in [-0.05, 0) is 75.2 Å². The number of para-hydroxylation sites is 2. The normalized spacial score (nSPS) is 10.8. The van der Waals surface area contributed by atoms with E-state index in [4.69, 9.17) is 22.3 Å². The lowest BCUT2D eigenvalue weighted by atomic mass is 9.98. The Labute approximate surface area is 276 Å². The lowest BCUT2D eigenvalue weighted by molar-refractivity contribution is 0.658. The fourth-order valence-electron chi connectivity index (χ4n) is 5.06. The number of hydrogen-bond donors (Lipinski definition) is 4.